The molecule has 1 aromatic rings. The molecule has 1 N–H and O–H groups in total. The van der Waals surface area contributed by atoms with E-state index in [1.165, 1.54) is 12.1 Å². The number of carbonyl (C=O) groups is 1. The van der Waals surface area contributed by atoms with Crippen LogP contribution in [-0.4, -0.2) is 64.4 Å². The number of piperidine rings is 1. The first-order valence-electron chi connectivity index (χ1n) is 8.72. The number of sulfone groups is 1. The molecule has 1 saturated heterocycles. The fourth-order valence-electron chi connectivity index (χ4n) is 3.07. The standard InChI is InChI=1S/C17H28N2O5S/c1-4-23-11-5-9-19-10-8-14(13(2)12-19)18-17(20)15-6-7-16(24-15)25(3,21)22/h6-7,13-14H,4-5,8-12H2,1-3H3,(H,18,20). The summed E-state index contributed by atoms with van der Waals surface area (Å²) in [6, 6.07) is 2.77. The van der Waals surface area contributed by atoms with E-state index in [4.69, 9.17) is 9.15 Å². The Morgan fingerprint density at radius 3 is 2.80 bits per heavy atom. The first kappa shape index (κ1) is 19.9. The molecular weight excluding hydrogens is 344 g/mol. The lowest BCUT2D eigenvalue weighted by molar-refractivity contribution is 0.0814. The van der Waals surface area contributed by atoms with Gasteiger partial charge in [-0.3, -0.25) is 4.79 Å². The van der Waals surface area contributed by atoms with Gasteiger partial charge in [-0.2, -0.15) is 0 Å². The van der Waals surface area contributed by atoms with Crippen LogP contribution in [0.5, 0.6) is 0 Å². The molecule has 0 saturated carbocycles. The van der Waals surface area contributed by atoms with Crippen molar-refractivity contribution >= 4 is 15.7 Å². The van der Waals surface area contributed by atoms with Crippen LogP contribution in [0.4, 0.5) is 0 Å². The molecule has 1 aliphatic heterocycles. The largest absolute Gasteiger partial charge is 0.440 e. The van der Waals surface area contributed by atoms with Crippen molar-refractivity contribution in [3.8, 4) is 0 Å². The number of amides is 1. The number of nitrogens with zero attached hydrogens (tertiary/aromatic N) is 1. The maximum Gasteiger partial charge on any atom is 0.287 e. The summed E-state index contributed by atoms with van der Waals surface area (Å²) < 4.78 is 33.4. The summed E-state index contributed by atoms with van der Waals surface area (Å²) in [6.45, 7) is 8.48. The van der Waals surface area contributed by atoms with Crippen molar-refractivity contribution in [2.75, 3.05) is 39.1 Å². The number of rotatable bonds is 8. The smallest absolute Gasteiger partial charge is 0.287 e. The molecular formula is C17H28N2O5S. The van der Waals surface area contributed by atoms with Gasteiger partial charge in [0.15, 0.2) is 5.76 Å². The predicted octanol–water partition coefficient (Wildman–Crippen LogP) is 1.55. The minimum atomic E-state index is -3.44. The Morgan fingerprint density at radius 1 is 1.44 bits per heavy atom. The number of hydrogen-bond donors (Lipinski definition) is 1. The van der Waals surface area contributed by atoms with Gasteiger partial charge in [0, 0.05) is 45.1 Å². The van der Waals surface area contributed by atoms with Gasteiger partial charge < -0.3 is 19.4 Å². The molecule has 8 heteroatoms. The summed E-state index contributed by atoms with van der Waals surface area (Å²) in [7, 11) is -3.44. The molecule has 0 radical (unpaired) electrons. The monoisotopic (exact) mass is 372 g/mol. The molecule has 2 heterocycles. The van der Waals surface area contributed by atoms with Crippen molar-refractivity contribution in [2.45, 2.75) is 37.8 Å². The summed E-state index contributed by atoms with van der Waals surface area (Å²) in [6.07, 6.45) is 2.93. The number of carbonyl (C=O) groups excluding carboxylic acids is 1. The minimum absolute atomic E-state index is 0.0340. The third-order valence-corrected chi connectivity index (χ3v) is 5.39. The Balaban J connectivity index is 1.83. The highest BCUT2D eigenvalue weighted by atomic mass is 32.2. The van der Waals surface area contributed by atoms with E-state index in [0.717, 1.165) is 51.9 Å². The fraction of sp³-hybridized carbons (Fsp3) is 0.706. The van der Waals surface area contributed by atoms with Gasteiger partial charge in [-0.25, -0.2) is 8.42 Å². The van der Waals surface area contributed by atoms with Crippen LogP contribution in [0.3, 0.4) is 0 Å². The van der Waals surface area contributed by atoms with Crippen molar-refractivity contribution in [3.05, 3.63) is 17.9 Å². The molecule has 25 heavy (non-hydrogen) atoms. The zero-order chi connectivity index (χ0) is 18.4. The summed E-state index contributed by atoms with van der Waals surface area (Å²) in [4.78, 5) is 14.7. The van der Waals surface area contributed by atoms with E-state index in [0.29, 0.717) is 5.92 Å². The van der Waals surface area contributed by atoms with E-state index in [2.05, 4.69) is 17.1 Å². The normalized spacial score (nSPS) is 22.0. The molecule has 2 rings (SSSR count). The summed E-state index contributed by atoms with van der Waals surface area (Å²) >= 11 is 0. The maximum absolute atomic E-state index is 12.3. The van der Waals surface area contributed by atoms with E-state index >= 15 is 0 Å². The average Bonchev–Trinajstić information content (AvgIpc) is 3.04. The zero-order valence-electron chi connectivity index (χ0n) is 15.2. The Hall–Kier alpha value is -1.38. The first-order chi connectivity index (χ1) is 11.8. The topological polar surface area (TPSA) is 88.9 Å². The van der Waals surface area contributed by atoms with Gasteiger partial charge in [-0.05, 0) is 37.8 Å². The van der Waals surface area contributed by atoms with E-state index in [1.54, 1.807) is 0 Å². The molecule has 1 aromatic heterocycles. The molecule has 0 bridgehead atoms. The predicted molar refractivity (Wildman–Crippen MR) is 94.4 cm³/mol. The molecule has 7 nitrogen and oxygen atoms in total. The lowest BCUT2D eigenvalue weighted by atomic mass is 9.93. The van der Waals surface area contributed by atoms with Crippen LogP contribution in [-0.2, 0) is 14.6 Å². The SMILES string of the molecule is CCOCCCN1CCC(NC(=O)c2ccc(S(C)(=O)=O)o2)C(C)C1. The molecule has 2 atom stereocenters. The number of nitrogens with one attached hydrogen (secondary N) is 1. The molecule has 2 unspecified atom stereocenters. The van der Waals surface area contributed by atoms with E-state index in [9.17, 15) is 13.2 Å². The molecule has 0 aromatic carbocycles. The van der Waals surface area contributed by atoms with Gasteiger partial charge in [-0.1, -0.05) is 6.92 Å². The van der Waals surface area contributed by atoms with Crippen LogP contribution in [0, 0.1) is 5.92 Å². The molecule has 0 aliphatic carbocycles. The van der Waals surface area contributed by atoms with Crippen molar-refractivity contribution in [3.63, 3.8) is 0 Å². The van der Waals surface area contributed by atoms with Crippen LogP contribution >= 0.6 is 0 Å². The van der Waals surface area contributed by atoms with Gasteiger partial charge in [0.05, 0.1) is 0 Å². The number of ether oxygens (including phenoxy) is 1. The highest BCUT2D eigenvalue weighted by Gasteiger charge is 2.28. The van der Waals surface area contributed by atoms with Crippen LogP contribution < -0.4 is 5.32 Å². The van der Waals surface area contributed by atoms with Gasteiger partial charge in [0.25, 0.3) is 5.91 Å². The van der Waals surface area contributed by atoms with E-state index < -0.39 is 9.84 Å². The molecule has 1 fully saturated rings. The minimum Gasteiger partial charge on any atom is -0.440 e. The Labute approximate surface area is 149 Å². The fourth-order valence-corrected chi connectivity index (χ4v) is 3.62. The van der Waals surface area contributed by atoms with Crippen LogP contribution in [0.15, 0.2) is 21.6 Å². The van der Waals surface area contributed by atoms with Gasteiger partial charge in [0.1, 0.15) is 0 Å². The van der Waals surface area contributed by atoms with Crippen molar-refractivity contribution in [1.29, 1.82) is 0 Å². The second-order valence-corrected chi connectivity index (χ2v) is 8.53. The summed E-state index contributed by atoms with van der Waals surface area (Å²) in [5.74, 6) is -0.0163. The number of likely N-dealkylation sites (tertiary alicyclic amines) is 1. The molecule has 142 valence electrons. The van der Waals surface area contributed by atoms with Gasteiger partial charge in [-0.15, -0.1) is 0 Å². The second kappa shape index (κ2) is 8.82. The van der Waals surface area contributed by atoms with E-state index in [-0.39, 0.29) is 22.8 Å². The van der Waals surface area contributed by atoms with Crippen molar-refractivity contribution in [2.24, 2.45) is 5.92 Å². The average molecular weight is 372 g/mol. The third-order valence-electron chi connectivity index (χ3n) is 4.44. The highest BCUT2D eigenvalue weighted by Crippen LogP contribution is 2.19. The summed E-state index contributed by atoms with van der Waals surface area (Å²) in [5.41, 5.74) is 0. The Bertz CT molecular complexity index is 670. The van der Waals surface area contributed by atoms with Gasteiger partial charge in [0.2, 0.25) is 14.9 Å². The first-order valence-corrected chi connectivity index (χ1v) is 10.6. The van der Waals surface area contributed by atoms with Crippen LogP contribution in [0.2, 0.25) is 0 Å². The van der Waals surface area contributed by atoms with Crippen LogP contribution in [0.1, 0.15) is 37.2 Å². The van der Waals surface area contributed by atoms with Crippen molar-refractivity contribution in [1.82, 2.24) is 10.2 Å². The number of hydrogen-bond acceptors (Lipinski definition) is 6. The van der Waals surface area contributed by atoms with Gasteiger partial charge >= 0.3 is 0 Å². The third kappa shape index (κ3) is 5.83. The van der Waals surface area contributed by atoms with Crippen LogP contribution in [0.25, 0.3) is 0 Å². The second-order valence-electron chi connectivity index (χ2n) is 6.59. The zero-order valence-corrected chi connectivity index (χ0v) is 16.0. The van der Waals surface area contributed by atoms with E-state index in [1.807, 2.05) is 6.92 Å². The molecule has 0 spiro atoms. The Kier molecular flexibility index (Phi) is 7.04. The lowest BCUT2D eigenvalue weighted by Crippen LogP contribution is -2.50. The maximum atomic E-state index is 12.3. The quantitative estimate of drug-likeness (QED) is 0.697. The number of furan rings is 1. The lowest BCUT2D eigenvalue weighted by Gasteiger charge is -2.37. The highest BCUT2D eigenvalue weighted by molar-refractivity contribution is 7.90. The Morgan fingerprint density at radius 2 is 2.20 bits per heavy atom. The molecule has 1 amide bonds. The van der Waals surface area contributed by atoms with Crippen molar-refractivity contribution < 1.29 is 22.4 Å². The molecule has 1 aliphatic rings. The summed E-state index contributed by atoms with van der Waals surface area (Å²) in [5, 5.41) is 2.78.